The zero-order valence-electron chi connectivity index (χ0n) is 15.9. The zero-order chi connectivity index (χ0) is 21.1. The largest absolute Gasteiger partial charge is 0.403 e. The van der Waals surface area contributed by atoms with Crippen LogP contribution in [-0.4, -0.2) is 41.9 Å². The first kappa shape index (κ1) is 20.7. The van der Waals surface area contributed by atoms with Gasteiger partial charge in [0.2, 0.25) is 21.8 Å². The van der Waals surface area contributed by atoms with E-state index in [1.165, 1.54) is 4.31 Å². The highest BCUT2D eigenvalue weighted by Crippen LogP contribution is 2.26. The van der Waals surface area contributed by atoms with Crippen LogP contribution >= 0.6 is 15.9 Å². The van der Waals surface area contributed by atoms with E-state index < -0.39 is 15.9 Å². The van der Waals surface area contributed by atoms with Crippen LogP contribution in [-0.2, 0) is 14.8 Å². The van der Waals surface area contributed by atoms with Crippen LogP contribution in [0, 0.1) is 5.92 Å². The van der Waals surface area contributed by atoms with Crippen LogP contribution in [0.4, 0.5) is 6.01 Å². The minimum Gasteiger partial charge on any atom is -0.403 e. The van der Waals surface area contributed by atoms with Crippen molar-refractivity contribution >= 4 is 37.9 Å². The molecule has 1 amide bonds. The fourth-order valence-electron chi connectivity index (χ4n) is 3.34. The predicted molar refractivity (Wildman–Crippen MR) is 114 cm³/mol. The van der Waals surface area contributed by atoms with E-state index in [4.69, 9.17) is 4.42 Å². The number of sulfonamides is 1. The summed E-state index contributed by atoms with van der Waals surface area (Å²) in [5.41, 5.74) is 0.718. The van der Waals surface area contributed by atoms with Gasteiger partial charge in [0, 0.05) is 23.1 Å². The van der Waals surface area contributed by atoms with Gasteiger partial charge in [0.1, 0.15) is 0 Å². The molecule has 30 heavy (non-hydrogen) atoms. The number of rotatable bonds is 5. The molecular formula is C20H19BrN4O4S. The minimum absolute atomic E-state index is 0.0157. The fourth-order valence-corrected chi connectivity index (χ4v) is 5.28. The number of carbonyl (C=O) groups excluding carboxylic acids is 1. The number of aromatic nitrogens is 2. The highest BCUT2D eigenvalue weighted by atomic mass is 79.9. The Morgan fingerprint density at radius 2 is 1.93 bits per heavy atom. The molecule has 1 aromatic heterocycles. The van der Waals surface area contributed by atoms with Gasteiger partial charge in [-0.3, -0.25) is 10.1 Å². The van der Waals surface area contributed by atoms with Crippen molar-refractivity contribution in [3.05, 3.63) is 59.1 Å². The molecule has 10 heteroatoms. The first-order valence-corrected chi connectivity index (χ1v) is 11.6. The van der Waals surface area contributed by atoms with E-state index >= 15 is 0 Å². The molecule has 1 saturated heterocycles. The van der Waals surface area contributed by atoms with Gasteiger partial charge in [-0.15, -0.1) is 5.10 Å². The number of hydrogen-bond donors (Lipinski definition) is 1. The number of hydrogen-bond acceptors (Lipinski definition) is 6. The molecule has 1 unspecified atom stereocenters. The number of nitrogens with one attached hydrogen (secondary N) is 1. The summed E-state index contributed by atoms with van der Waals surface area (Å²) in [4.78, 5) is 12.9. The topological polar surface area (TPSA) is 105 Å². The second kappa shape index (κ2) is 8.66. The molecule has 8 nitrogen and oxygen atoms in total. The third-order valence-electron chi connectivity index (χ3n) is 4.86. The SMILES string of the molecule is O=C(Nc1nnc(-c2cccc(Br)c2)o1)C1CCCN(S(=O)(=O)c2ccccc2)C1. The van der Waals surface area contributed by atoms with Crippen molar-refractivity contribution < 1.29 is 17.6 Å². The zero-order valence-corrected chi connectivity index (χ0v) is 18.3. The van der Waals surface area contributed by atoms with Gasteiger partial charge in [-0.05, 0) is 43.2 Å². The van der Waals surface area contributed by atoms with E-state index in [9.17, 15) is 13.2 Å². The number of nitrogens with zero attached hydrogens (tertiary/aromatic N) is 3. The monoisotopic (exact) mass is 490 g/mol. The van der Waals surface area contributed by atoms with Crippen molar-refractivity contribution in [2.24, 2.45) is 5.92 Å². The van der Waals surface area contributed by atoms with Gasteiger partial charge in [-0.2, -0.15) is 4.31 Å². The summed E-state index contributed by atoms with van der Waals surface area (Å²) in [6, 6.07) is 15.6. The number of halogens is 1. The molecule has 4 rings (SSSR count). The van der Waals surface area contributed by atoms with Gasteiger partial charge in [0.25, 0.3) is 0 Å². The van der Waals surface area contributed by atoms with E-state index in [2.05, 4.69) is 31.4 Å². The van der Waals surface area contributed by atoms with Gasteiger partial charge in [0.15, 0.2) is 0 Å². The normalized spacial score (nSPS) is 17.6. The molecule has 1 fully saturated rings. The van der Waals surface area contributed by atoms with Crippen LogP contribution in [0.25, 0.3) is 11.5 Å². The quantitative estimate of drug-likeness (QED) is 0.586. The van der Waals surface area contributed by atoms with Crippen molar-refractivity contribution in [1.29, 1.82) is 0 Å². The number of anilines is 1. The van der Waals surface area contributed by atoms with Gasteiger partial charge in [-0.1, -0.05) is 45.3 Å². The lowest BCUT2D eigenvalue weighted by atomic mass is 9.99. The van der Waals surface area contributed by atoms with Crippen molar-refractivity contribution in [2.75, 3.05) is 18.4 Å². The van der Waals surface area contributed by atoms with E-state index in [-0.39, 0.29) is 29.3 Å². The van der Waals surface area contributed by atoms with Crippen LogP contribution < -0.4 is 5.32 Å². The molecular weight excluding hydrogens is 472 g/mol. The number of carbonyl (C=O) groups is 1. The van der Waals surface area contributed by atoms with Crippen LogP contribution in [0.2, 0.25) is 0 Å². The predicted octanol–water partition coefficient (Wildman–Crippen LogP) is 3.54. The summed E-state index contributed by atoms with van der Waals surface area (Å²) < 4.78 is 33.5. The molecule has 1 N–H and O–H groups in total. The average molecular weight is 491 g/mol. The highest BCUT2D eigenvalue weighted by Gasteiger charge is 2.33. The molecule has 1 aliphatic rings. The van der Waals surface area contributed by atoms with Crippen LogP contribution in [0.5, 0.6) is 0 Å². The first-order chi connectivity index (χ1) is 14.4. The molecule has 1 atom stereocenters. The smallest absolute Gasteiger partial charge is 0.322 e. The molecule has 2 heterocycles. The van der Waals surface area contributed by atoms with E-state index in [0.29, 0.717) is 19.4 Å². The van der Waals surface area contributed by atoms with E-state index in [0.717, 1.165) is 10.0 Å². The number of amides is 1. The summed E-state index contributed by atoms with van der Waals surface area (Å²) in [7, 11) is -3.64. The van der Waals surface area contributed by atoms with Crippen molar-refractivity contribution in [2.45, 2.75) is 17.7 Å². The van der Waals surface area contributed by atoms with Crippen LogP contribution in [0.1, 0.15) is 12.8 Å². The number of piperidine rings is 1. The van der Waals surface area contributed by atoms with Gasteiger partial charge >= 0.3 is 6.01 Å². The molecule has 0 aliphatic carbocycles. The molecule has 0 spiro atoms. The second-order valence-electron chi connectivity index (χ2n) is 6.93. The van der Waals surface area contributed by atoms with Gasteiger partial charge < -0.3 is 4.42 Å². The Morgan fingerprint density at radius 3 is 2.70 bits per heavy atom. The number of benzene rings is 2. The standard InChI is InChI=1S/C20H19BrN4O4S/c21-16-8-4-6-14(12-16)19-23-24-20(29-19)22-18(26)15-7-5-11-25(13-15)30(27,28)17-9-2-1-3-10-17/h1-4,6,8-10,12,15H,5,7,11,13H2,(H,22,24,26). The molecule has 3 aromatic rings. The molecule has 0 bridgehead atoms. The lowest BCUT2D eigenvalue weighted by molar-refractivity contribution is -0.121. The Hall–Kier alpha value is -2.56. The Morgan fingerprint density at radius 1 is 1.13 bits per heavy atom. The summed E-state index contributed by atoms with van der Waals surface area (Å²) in [5, 5.41) is 10.5. The van der Waals surface area contributed by atoms with E-state index in [1.54, 1.807) is 30.3 Å². The van der Waals surface area contributed by atoms with E-state index in [1.807, 2.05) is 24.3 Å². The third kappa shape index (κ3) is 4.45. The third-order valence-corrected chi connectivity index (χ3v) is 7.24. The summed E-state index contributed by atoms with van der Waals surface area (Å²) in [6.07, 6.45) is 1.18. The Kier molecular flexibility index (Phi) is 5.98. The summed E-state index contributed by atoms with van der Waals surface area (Å²) >= 11 is 3.38. The highest BCUT2D eigenvalue weighted by molar-refractivity contribution is 9.10. The maximum Gasteiger partial charge on any atom is 0.322 e. The summed E-state index contributed by atoms with van der Waals surface area (Å²) in [6.45, 7) is 0.490. The Balaban J connectivity index is 1.44. The van der Waals surface area contributed by atoms with Crippen LogP contribution in [0.3, 0.4) is 0 Å². The van der Waals surface area contributed by atoms with Gasteiger partial charge in [-0.25, -0.2) is 8.42 Å². The van der Waals surface area contributed by atoms with Crippen molar-refractivity contribution in [3.63, 3.8) is 0 Å². The molecule has 1 aliphatic heterocycles. The van der Waals surface area contributed by atoms with Crippen molar-refractivity contribution in [3.8, 4) is 11.5 Å². The first-order valence-electron chi connectivity index (χ1n) is 9.39. The van der Waals surface area contributed by atoms with Gasteiger partial charge in [0.05, 0.1) is 10.8 Å². The van der Waals surface area contributed by atoms with Crippen LogP contribution in [0.15, 0.2) is 68.4 Å². The summed E-state index contributed by atoms with van der Waals surface area (Å²) in [5.74, 6) is -0.561. The lowest BCUT2D eigenvalue weighted by Gasteiger charge is -2.30. The molecule has 0 saturated carbocycles. The van der Waals surface area contributed by atoms with Crippen molar-refractivity contribution in [1.82, 2.24) is 14.5 Å². The minimum atomic E-state index is -3.64. The Labute approximate surface area is 182 Å². The maximum absolute atomic E-state index is 12.9. The lowest BCUT2D eigenvalue weighted by Crippen LogP contribution is -2.43. The molecule has 2 aromatic carbocycles. The fraction of sp³-hybridized carbons (Fsp3) is 0.250. The maximum atomic E-state index is 12.9. The second-order valence-corrected chi connectivity index (χ2v) is 9.78. The Bertz CT molecular complexity index is 1150. The molecule has 156 valence electrons. The molecule has 0 radical (unpaired) electrons. The average Bonchev–Trinajstić information content (AvgIpc) is 3.23.